The van der Waals surface area contributed by atoms with Gasteiger partial charge >= 0.3 is 0 Å². The number of fused-ring (bicyclic) bond motifs is 1. The van der Waals surface area contributed by atoms with Gasteiger partial charge in [0, 0.05) is 29.4 Å². The van der Waals surface area contributed by atoms with E-state index < -0.39 is 0 Å². The van der Waals surface area contributed by atoms with Crippen LogP contribution in [-0.4, -0.2) is 27.1 Å². The highest BCUT2D eigenvalue weighted by molar-refractivity contribution is 6.05. The normalized spacial score (nSPS) is 14.7. The summed E-state index contributed by atoms with van der Waals surface area (Å²) in [5.74, 6) is -0.0979. The third-order valence-corrected chi connectivity index (χ3v) is 4.21. The second-order valence-electron chi connectivity index (χ2n) is 5.68. The maximum Gasteiger partial charge on any atom is 0.272 e. The maximum absolute atomic E-state index is 12.4. The van der Waals surface area contributed by atoms with Crippen LogP contribution < -0.4 is 5.32 Å². The molecule has 0 bridgehead atoms. The van der Waals surface area contributed by atoms with Crippen molar-refractivity contribution in [3.63, 3.8) is 0 Å². The van der Waals surface area contributed by atoms with Gasteiger partial charge in [0.05, 0.1) is 5.52 Å². The second kappa shape index (κ2) is 5.26. The number of amides is 1. The molecule has 2 N–H and O–H groups in total. The Morgan fingerprint density at radius 3 is 2.86 bits per heavy atom. The Hall–Kier alpha value is -2.69. The number of hydrogen-bond donors (Lipinski definition) is 2. The fourth-order valence-corrected chi connectivity index (χ4v) is 2.71. The summed E-state index contributed by atoms with van der Waals surface area (Å²) < 4.78 is 0. The first-order chi connectivity index (χ1) is 10.8. The van der Waals surface area contributed by atoms with Crippen molar-refractivity contribution in [2.24, 2.45) is 0 Å². The molecule has 2 heterocycles. The smallest absolute Gasteiger partial charge is 0.272 e. The fourth-order valence-electron chi connectivity index (χ4n) is 2.71. The Bertz CT molecular complexity index is 821. The van der Waals surface area contributed by atoms with Gasteiger partial charge in [-0.2, -0.15) is 5.10 Å². The molecular formula is C17H16N4O. The van der Waals surface area contributed by atoms with E-state index in [1.54, 1.807) is 6.20 Å². The first-order valence-electron chi connectivity index (χ1n) is 7.50. The summed E-state index contributed by atoms with van der Waals surface area (Å²) in [4.78, 5) is 16.5. The highest BCUT2D eigenvalue weighted by Crippen LogP contribution is 2.25. The summed E-state index contributed by atoms with van der Waals surface area (Å²) in [5.41, 5.74) is 3.38. The SMILES string of the molecule is O=C(NC1CCC1)c1n[nH]c2ccc(-c3cccnc3)cc12. The lowest BCUT2D eigenvalue weighted by Gasteiger charge is -2.25. The average Bonchev–Trinajstić information content (AvgIpc) is 2.94. The Balaban J connectivity index is 1.71. The van der Waals surface area contributed by atoms with Crippen LogP contribution in [0, 0.1) is 0 Å². The monoisotopic (exact) mass is 292 g/mol. The quantitative estimate of drug-likeness (QED) is 0.779. The molecule has 1 aliphatic rings. The molecule has 110 valence electrons. The Morgan fingerprint density at radius 1 is 1.23 bits per heavy atom. The van der Waals surface area contributed by atoms with Gasteiger partial charge < -0.3 is 5.32 Å². The largest absolute Gasteiger partial charge is 0.348 e. The van der Waals surface area contributed by atoms with E-state index in [4.69, 9.17) is 0 Å². The van der Waals surface area contributed by atoms with Gasteiger partial charge in [0.25, 0.3) is 5.91 Å². The minimum atomic E-state index is -0.0979. The van der Waals surface area contributed by atoms with Crippen LogP contribution in [0.5, 0.6) is 0 Å². The van der Waals surface area contributed by atoms with Crippen LogP contribution >= 0.6 is 0 Å². The molecule has 1 aliphatic carbocycles. The second-order valence-corrected chi connectivity index (χ2v) is 5.68. The van der Waals surface area contributed by atoms with Crippen molar-refractivity contribution in [3.8, 4) is 11.1 Å². The van der Waals surface area contributed by atoms with Crippen molar-refractivity contribution in [3.05, 3.63) is 48.4 Å². The van der Waals surface area contributed by atoms with Crippen molar-refractivity contribution in [1.82, 2.24) is 20.5 Å². The number of pyridine rings is 1. The van der Waals surface area contributed by atoms with Gasteiger partial charge in [-0.25, -0.2) is 0 Å². The van der Waals surface area contributed by atoms with Crippen molar-refractivity contribution in [2.45, 2.75) is 25.3 Å². The Morgan fingerprint density at radius 2 is 2.14 bits per heavy atom. The average molecular weight is 292 g/mol. The number of aromatic nitrogens is 3. The highest BCUT2D eigenvalue weighted by Gasteiger charge is 2.22. The van der Waals surface area contributed by atoms with E-state index in [2.05, 4.69) is 20.5 Å². The predicted octanol–water partition coefficient (Wildman–Crippen LogP) is 2.91. The molecule has 0 unspecified atom stereocenters. The molecule has 5 nitrogen and oxygen atoms in total. The van der Waals surface area contributed by atoms with E-state index in [1.807, 2.05) is 36.5 Å². The van der Waals surface area contributed by atoms with Crippen molar-refractivity contribution < 1.29 is 4.79 Å². The highest BCUT2D eigenvalue weighted by atomic mass is 16.2. The molecular weight excluding hydrogens is 276 g/mol. The van der Waals surface area contributed by atoms with Crippen LogP contribution in [0.3, 0.4) is 0 Å². The number of nitrogens with one attached hydrogen (secondary N) is 2. The zero-order valence-electron chi connectivity index (χ0n) is 12.0. The number of carbonyl (C=O) groups is 1. The van der Waals surface area contributed by atoms with Gasteiger partial charge in [-0.3, -0.25) is 14.9 Å². The molecule has 0 spiro atoms. The summed E-state index contributed by atoms with van der Waals surface area (Å²) in [6.07, 6.45) is 6.88. The molecule has 0 aliphatic heterocycles. The van der Waals surface area contributed by atoms with Crippen LogP contribution in [0.15, 0.2) is 42.7 Å². The zero-order chi connectivity index (χ0) is 14.9. The summed E-state index contributed by atoms with van der Waals surface area (Å²) >= 11 is 0. The van der Waals surface area contributed by atoms with E-state index in [1.165, 1.54) is 6.42 Å². The molecule has 2 aromatic heterocycles. The first kappa shape index (κ1) is 13.0. The zero-order valence-corrected chi connectivity index (χ0v) is 12.0. The van der Waals surface area contributed by atoms with Crippen LogP contribution in [0.2, 0.25) is 0 Å². The predicted molar refractivity (Wildman–Crippen MR) is 84.4 cm³/mol. The van der Waals surface area contributed by atoms with Crippen molar-refractivity contribution in [1.29, 1.82) is 0 Å². The number of H-pyrrole nitrogens is 1. The summed E-state index contributed by atoms with van der Waals surface area (Å²) in [5, 5.41) is 11.0. The van der Waals surface area contributed by atoms with Crippen LogP contribution in [0.25, 0.3) is 22.0 Å². The van der Waals surface area contributed by atoms with E-state index in [0.717, 1.165) is 34.9 Å². The lowest BCUT2D eigenvalue weighted by atomic mass is 9.93. The number of rotatable bonds is 3. The fraction of sp³-hybridized carbons (Fsp3) is 0.235. The molecule has 3 aromatic rings. The number of benzene rings is 1. The van der Waals surface area contributed by atoms with Gasteiger partial charge in [0.15, 0.2) is 5.69 Å². The lowest BCUT2D eigenvalue weighted by molar-refractivity contribution is 0.0913. The molecule has 5 heteroatoms. The number of carbonyl (C=O) groups excluding carboxylic acids is 1. The summed E-state index contributed by atoms with van der Waals surface area (Å²) in [7, 11) is 0. The molecule has 0 atom stereocenters. The van der Waals surface area contributed by atoms with E-state index >= 15 is 0 Å². The van der Waals surface area contributed by atoms with E-state index in [0.29, 0.717) is 11.7 Å². The van der Waals surface area contributed by atoms with Crippen molar-refractivity contribution in [2.75, 3.05) is 0 Å². The molecule has 1 fully saturated rings. The van der Waals surface area contributed by atoms with Gasteiger partial charge in [-0.05, 0) is 43.0 Å². The molecule has 22 heavy (non-hydrogen) atoms. The van der Waals surface area contributed by atoms with Gasteiger partial charge in [-0.1, -0.05) is 12.1 Å². The summed E-state index contributed by atoms with van der Waals surface area (Å²) in [6.45, 7) is 0. The maximum atomic E-state index is 12.4. The lowest BCUT2D eigenvalue weighted by Crippen LogP contribution is -2.39. The third kappa shape index (κ3) is 2.24. The van der Waals surface area contributed by atoms with E-state index in [9.17, 15) is 4.79 Å². The topological polar surface area (TPSA) is 70.7 Å². The molecule has 0 saturated heterocycles. The third-order valence-electron chi connectivity index (χ3n) is 4.21. The Kier molecular flexibility index (Phi) is 3.11. The molecule has 4 rings (SSSR count). The number of nitrogens with zero attached hydrogens (tertiary/aromatic N) is 2. The van der Waals surface area contributed by atoms with Crippen molar-refractivity contribution >= 4 is 16.8 Å². The van der Waals surface area contributed by atoms with Crippen LogP contribution in [-0.2, 0) is 0 Å². The number of aromatic amines is 1. The molecule has 0 radical (unpaired) electrons. The first-order valence-corrected chi connectivity index (χ1v) is 7.50. The van der Waals surface area contributed by atoms with Crippen LogP contribution in [0.4, 0.5) is 0 Å². The standard InChI is InChI=1S/C17H16N4O/c22-17(19-13-4-1-5-13)16-14-9-11(6-7-15(14)20-21-16)12-3-2-8-18-10-12/h2-3,6-10,13H,1,4-5H2,(H,19,22)(H,20,21). The number of hydrogen-bond acceptors (Lipinski definition) is 3. The minimum absolute atomic E-state index is 0.0979. The van der Waals surface area contributed by atoms with Gasteiger partial charge in [0.1, 0.15) is 0 Å². The molecule has 1 aromatic carbocycles. The van der Waals surface area contributed by atoms with Crippen LogP contribution in [0.1, 0.15) is 29.8 Å². The summed E-state index contributed by atoms with van der Waals surface area (Å²) in [6, 6.07) is 10.2. The van der Waals surface area contributed by atoms with Gasteiger partial charge in [-0.15, -0.1) is 0 Å². The van der Waals surface area contributed by atoms with Gasteiger partial charge in [0.2, 0.25) is 0 Å². The minimum Gasteiger partial charge on any atom is -0.348 e. The molecule has 1 saturated carbocycles. The molecule has 1 amide bonds. The Labute approximate surface area is 127 Å². The van der Waals surface area contributed by atoms with E-state index in [-0.39, 0.29) is 5.91 Å².